The molecule has 0 saturated heterocycles. The standard InChI is InChI=1S/C17H23NO2/c19-17(20)15-13-8-9-14(11-13)16(15)18-10-4-7-12-5-2-1-3-6-12/h1-3,5-6,13-16,18H,4,7-11H2,(H,19,20). The summed E-state index contributed by atoms with van der Waals surface area (Å²) in [5.74, 6) is 0.269. The molecule has 3 rings (SSSR count). The molecule has 2 N–H and O–H groups in total. The number of benzene rings is 1. The van der Waals surface area contributed by atoms with E-state index >= 15 is 0 Å². The highest BCUT2D eigenvalue weighted by molar-refractivity contribution is 5.72. The average Bonchev–Trinajstić information content (AvgIpc) is 3.05. The van der Waals surface area contributed by atoms with Crippen LogP contribution >= 0.6 is 0 Å². The van der Waals surface area contributed by atoms with Crippen LogP contribution in [0.2, 0.25) is 0 Å². The molecule has 0 heterocycles. The van der Waals surface area contributed by atoms with Gasteiger partial charge in [-0.3, -0.25) is 4.79 Å². The molecule has 0 aliphatic heterocycles. The number of carboxylic acids is 1. The summed E-state index contributed by atoms with van der Waals surface area (Å²) in [5.41, 5.74) is 1.36. The highest BCUT2D eigenvalue weighted by Gasteiger charge is 2.50. The van der Waals surface area contributed by atoms with Crippen LogP contribution in [0, 0.1) is 17.8 Å². The van der Waals surface area contributed by atoms with Gasteiger partial charge in [-0.05, 0) is 56.0 Å². The minimum atomic E-state index is -0.599. The van der Waals surface area contributed by atoms with E-state index in [-0.39, 0.29) is 12.0 Å². The smallest absolute Gasteiger partial charge is 0.308 e. The van der Waals surface area contributed by atoms with Gasteiger partial charge in [0.15, 0.2) is 0 Å². The van der Waals surface area contributed by atoms with Gasteiger partial charge in [-0.2, -0.15) is 0 Å². The summed E-state index contributed by atoms with van der Waals surface area (Å²) < 4.78 is 0. The maximum atomic E-state index is 11.4. The summed E-state index contributed by atoms with van der Waals surface area (Å²) in [4.78, 5) is 11.4. The molecule has 4 atom stereocenters. The molecule has 1 aromatic rings. The van der Waals surface area contributed by atoms with Gasteiger partial charge in [-0.15, -0.1) is 0 Å². The molecular weight excluding hydrogens is 250 g/mol. The van der Waals surface area contributed by atoms with E-state index < -0.39 is 5.97 Å². The van der Waals surface area contributed by atoms with Crippen molar-refractivity contribution >= 4 is 5.97 Å². The van der Waals surface area contributed by atoms with Gasteiger partial charge in [-0.1, -0.05) is 30.3 Å². The molecule has 0 aromatic heterocycles. The average molecular weight is 273 g/mol. The SMILES string of the molecule is O=C(O)C1C2CCC(C2)C1NCCCc1ccccc1. The van der Waals surface area contributed by atoms with Gasteiger partial charge in [0.1, 0.15) is 0 Å². The first-order valence-electron chi connectivity index (χ1n) is 7.76. The molecule has 2 aliphatic carbocycles. The van der Waals surface area contributed by atoms with Crippen molar-refractivity contribution in [2.75, 3.05) is 6.54 Å². The van der Waals surface area contributed by atoms with E-state index in [2.05, 4.69) is 29.6 Å². The van der Waals surface area contributed by atoms with E-state index in [9.17, 15) is 9.90 Å². The summed E-state index contributed by atoms with van der Waals surface area (Å²) in [6.07, 6.45) is 5.58. The third kappa shape index (κ3) is 2.73. The Bertz CT molecular complexity index is 459. The van der Waals surface area contributed by atoms with Crippen molar-refractivity contribution in [3.05, 3.63) is 35.9 Å². The zero-order chi connectivity index (χ0) is 13.9. The lowest BCUT2D eigenvalue weighted by Crippen LogP contribution is -2.44. The number of aliphatic carboxylic acids is 1. The maximum Gasteiger partial charge on any atom is 0.308 e. The van der Waals surface area contributed by atoms with E-state index in [0.717, 1.165) is 32.2 Å². The summed E-state index contributed by atoms with van der Waals surface area (Å²) >= 11 is 0. The molecule has 3 heteroatoms. The monoisotopic (exact) mass is 273 g/mol. The fraction of sp³-hybridized carbons (Fsp3) is 0.588. The van der Waals surface area contributed by atoms with Crippen LogP contribution in [-0.2, 0) is 11.2 Å². The minimum Gasteiger partial charge on any atom is -0.481 e. The summed E-state index contributed by atoms with van der Waals surface area (Å²) in [6, 6.07) is 10.7. The van der Waals surface area contributed by atoms with Gasteiger partial charge in [0, 0.05) is 6.04 Å². The van der Waals surface area contributed by atoms with Crippen molar-refractivity contribution < 1.29 is 9.90 Å². The summed E-state index contributed by atoms with van der Waals surface area (Å²) in [5, 5.41) is 12.9. The maximum absolute atomic E-state index is 11.4. The fourth-order valence-electron chi connectivity index (χ4n) is 4.15. The fourth-order valence-corrected chi connectivity index (χ4v) is 4.15. The van der Waals surface area contributed by atoms with Crippen molar-refractivity contribution in [1.29, 1.82) is 0 Å². The molecule has 2 saturated carbocycles. The molecule has 0 spiro atoms. The Kier molecular flexibility index (Phi) is 4.06. The Morgan fingerprint density at radius 3 is 2.70 bits per heavy atom. The predicted molar refractivity (Wildman–Crippen MR) is 78.5 cm³/mol. The van der Waals surface area contributed by atoms with E-state index in [0.29, 0.717) is 11.8 Å². The van der Waals surface area contributed by atoms with Crippen LogP contribution in [0.5, 0.6) is 0 Å². The van der Waals surface area contributed by atoms with Gasteiger partial charge in [-0.25, -0.2) is 0 Å². The zero-order valence-corrected chi connectivity index (χ0v) is 11.8. The second-order valence-corrected chi connectivity index (χ2v) is 6.27. The van der Waals surface area contributed by atoms with Crippen LogP contribution in [0.15, 0.2) is 30.3 Å². The second kappa shape index (κ2) is 5.96. The number of carbonyl (C=O) groups is 1. The first-order chi connectivity index (χ1) is 9.75. The Morgan fingerprint density at radius 1 is 1.20 bits per heavy atom. The van der Waals surface area contributed by atoms with E-state index in [1.807, 2.05) is 6.07 Å². The third-order valence-corrected chi connectivity index (χ3v) is 5.07. The summed E-state index contributed by atoms with van der Waals surface area (Å²) in [6.45, 7) is 0.923. The second-order valence-electron chi connectivity index (χ2n) is 6.27. The van der Waals surface area contributed by atoms with Gasteiger partial charge in [0.2, 0.25) is 0 Å². The van der Waals surface area contributed by atoms with Crippen molar-refractivity contribution in [2.45, 2.75) is 38.1 Å². The quantitative estimate of drug-likeness (QED) is 0.784. The van der Waals surface area contributed by atoms with Gasteiger partial charge in [0.25, 0.3) is 0 Å². The van der Waals surface area contributed by atoms with Gasteiger partial charge < -0.3 is 10.4 Å². The highest BCUT2D eigenvalue weighted by Crippen LogP contribution is 2.48. The van der Waals surface area contributed by atoms with Crippen molar-refractivity contribution in [3.63, 3.8) is 0 Å². The largest absolute Gasteiger partial charge is 0.481 e. The van der Waals surface area contributed by atoms with Crippen LogP contribution in [0.3, 0.4) is 0 Å². The Morgan fingerprint density at radius 2 is 1.95 bits per heavy atom. The van der Waals surface area contributed by atoms with E-state index in [4.69, 9.17) is 0 Å². The highest BCUT2D eigenvalue weighted by atomic mass is 16.4. The lowest BCUT2D eigenvalue weighted by Gasteiger charge is -2.29. The molecule has 4 unspecified atom stereocenters. The van der Waals surface area contributed by atoms with Crippen LogP contribution in [0.25, 0.3) is 0 Å². The van der Waals surface area contributed by atoms with Crippen LogP contribution < -0.4 is 5.32 Å². The number of hydrogen-bond acceptors (Lipinski definition) is 2. The number of fused-ring (bicyclic) bond motifs is 2. The third-order valence-electron chi connectivity index (χ3n) is 5.07. The zero-order valence-electron chi connectivity index (χ0n) is 11.8. The van der Waals surface area contributed by atoms with Crippen molar-refractivity contribution in [1.82, 2.24) is 5.32 Å². The van der Waals surface area contributed by atoms with E-state index in [1.54, 1.807) is 0 Å². The molecule has 2 aliphatic rings. The Hall–Kier alpha value is -1.35. The predicted octanol–water partition coefficient (Wildman–Crippen LogP) is 2.71. The first-order valence-corrected chi connectivity index (χ1v) is 7.76. The molecule has 0 radical (unpaired) electrons. The number of aryl methyl sites for hydroxylation is 1. The number of carboxylic acid groups (broad SMARTS) is 1. The van der Waals surface area contributed by atoms with Crippen LogP contribution in [0.1, 0.15) is 31.2 Å². The lowest BCUT2D eigenvalue weighted by atomic mass is 9.84. The molecule has 2 bridgehead atoms. The molecule has 0 amide bonds. The summed E-state index contributed by atoms with van der Waals surface area (Å²) in [7, 11) is 0. The van der Waals surface area contributed by atoms with Crippen molar-refractivity contribution in [3.8, 4) is 0 Å². The number of hydrogen-bond donors (Lipinski definition) is 2. The van der Waals surface area contributed by atoms with Gasteiger partial charge >= 0.3 is 5.97 Å². The molecule has 1 aromatic carbocycles. The topological polar surface area (TPSA) is 49.3 Å². The molecule has 2 fully saturated rings. The Balaban J connectivity index is 1.47. The Labute approximate surface area is 120 Å². The normalized spacial score (nSPS) is 31.6. The number of nitrogens with one attached hydrogen (secondary N) is 1. The molecule has 108 valence electrons. The molecule has 3 nitrogen and oxygen atoms in total. The van der Waals surface area contributed by atoms with Gasteiger partial charge in [0.05, 0.1) is 5.92 Å². The van der Waals surface area contributed by atoms with Crippen LogP contribution in [-0.4, -0.2) is 23.7 Å². The van der Waals surface area contributed by atoms with E-state index in [1.165, 1.54) is 12.0 Å². The molecule has 20 heavy (non-hydrogen) atoms. The molecular formula is C17H23NO2. The van der Waals surface area contributed by atoms with Crippen molar-refractivity contribution in [2.24, 2.45) is 17.8 Å². The lowest BCUT2D eigenvalue weighted by molar-refractivity contribution is -0.144. The number of rotatable bonds is 6. The minimum absolute atomic E-state index is 0.148. The first kappa shape index (κ1) is 13.6. The van der Waals surface area contributed by atoms with Crippen LogP contribution in [0.4, 0.5) is 0 Å².